The highest BCUT2D eigenvalue weighted by molar-refractivity contribution is 6.34. The van der Waals surface area contributed by atoms with Gasteiger partial charge in [0.2, 0.25) is 5.91 Å². The quantitative estimate of drug-likeness (QED) is 0.871. The minimum atomic E-state index is 0.0909. The van der Waals surface area contributed by atoms with Crippen molar-refractivity contribution in [1.29, 1.82) is 0 Å². The fraction of sp³-hybridized carbons (Fsp3) is 0.462. The largest absolute Gasteiger partial charge is 0.356 e. The van der Waals surface area contributed by atoms with E-state index in [0.29, 0.717) is 28.9 Å². The molecule has 0 atom stereocenters. The Kier molecular flexibility index (Phi) is 5.79. The third-order valence-corrected chi connectivity index (χ3v) is 2.69. The smallest absolute Gasteiger partial charge is 0.220 e. The SMILES string of the molecule is CC(C)CC(=O)NCCc1cc(Cl)cc(Cl)c1. The standard InChI is InChI=1S/C13H17Cl2NO/c1-9(2)5-13(17)16-4-3-10-6-11(14)8-12(15)7-10/h6-9H,3-5H2,1-2H3,(H,16,17). The van der Waals surface area contributed by atoms with E-state index in [1.807, 2.05) is 26.0 Å². The predicted octanol–water partition coefficient (Wildman–Crippen LogP) is 3.70. The van der Waals surface area contributed by atoms with E-state index in [1.54, 1.807) is 6.07 Å². The molecule has 0 saturated heterocycles. The molecule has 1 aromatic carbocycles. The molecule has 0 aliphatic rings. The zero-order valence-electron chi connectivity index (χ0n) is 10.1. The topological polar surface area (TPSA) is 29.1 Å². The summed E-state index contributed by atoms with van der Waals surface area (Å²) in [7, 11) is 0. The van der Waals surface area contributed by atoms with E-state index in [2.05, 4.69) is 5.32 Å². The Balaban J connectivity index is 2.38. The molecule has 0 aliphatic heterocycles. The molecule has 0 aromatic heterocycles. The monoisotopic (exact) mass is 273 g/mol. The molecule has 0 bridgehead atoms. The van der Waals surface area contributed by atoms with Gasteiger partial charge >= 0.3 is 0 Å². The number of amides is 1. The minimum absolute atomic E-state index is 0.0909. The number of halogens is 2. The fourth-order valence-electron chi connectivity index (χ4n) is 1.54. The molecule has 1 N–H and O–H groups in total. The molecule has 0 radical (unpaired) electrons. The number of nitrogens with one attached hydrogen (secondary N) is 1. The first-order chi connectivity index (χ1) is 7.97. The second-order valence-electron chi connectivity index (χ2n) is 4.48. The number of rotatable bonds is 5. The first kappa shape index (κ1) is 14.3. The normalized spacial score (nSPS) is 10.6. The lowest BCUT2D eigenvalue weighted by atomic mass is 10.1. The summed E-state index contributed by atoms with van der Waals surface area (Å²) in [5.41, 5.74) is 1.03. The van der Waals surface area contributed by atoms with Gasteiger partial charge in [-0.15, -0.1) is 0 Å². The number of benzene rings is 1. The van der Waals surface area contributed by atoms with Gasteiger partial charge in [-0.3, -0.25) is 4.79 Å². The van der Waals surface area contributed by atoms with Gasteiger partial charge < -0.3 is 5.32 Å². The molecule has 1 amide bonds. The van der Waals surface area contributed by atoms with E-state index >= 15 is 0 Å². The van der Waals surface area contributed by atoms with Crippen LogP contribution >= 0.6 is 23.2 Å². The Morgan fingerprint density at radius 1 is 1.24 bits per heavy atom. The Morgan fingerprint density at radius 2 is 1.82 bits per heavy atom. The molecule has 0 saturated carbocycles. The van der Waals surface area contributed by atoms with E-state index in [9.17, 15) is 4.79 Å². The molecular weight excluding hydrogens is 257 g/mol. The summed E-state index contributed by atoms with van der Waals surface area (Å²) in [6.45, 7) is 4.66. The molecule has 0 spiro atoms. The van der Waals surface area contributed by atoms with Gasteiger partial charge in [0.1, 0.15) is 0 Å². The summed E-state index contributed by atoms with van der Waals surface area (Å²) in [4.78, 5) is 11.4. The summed E-state index contributed by atoms with van der Waals surface area (Å²) < 4.78 is 0. The molecule has 1 rings (SSSR count). The number of hydrogen-bond acceptors (Lipinski definition) is 1. The average Bonchev–Trinajstić information content (AvgIpc) is 2.14. The minimum Gasteiger partial charge on any atom is -0.356 e. The van der Waals surface area contributed by atoms with Crippen molar-refractivity contribution in [3.05, 3.63) is 33.8 Å². The summed E-state index contributed by atoms with van der Waals surface area (Å²) in [6, 6.07) is 5.42. The molecule has 0 fully saturated rings. The van der Waals surface area contributed by atoms with Crippen LogP contribution < -0.4 is 5.32 Å². The Bertz CT molecular complexity index is 371. The lowest BCUT2D eigenvalue weighted by Crippen LogP contribution is -2.26. The third-order valence-electron chi connectivity index (χ3n) is 2.25. The molecule has 4 heteroatoms. The molecule has 0 aliphatic carbocycles. The zero-order chi connectivity index (χ0) is 12.8. The van der Waals surface area contributed by atoms with Crippen LogP contribution in [0.3, 0.4) is 0 Å². The number of hydrogen-bond donors (Lipinski definition) is 1. The first-order valence-corrected chi connectivity index (χ1v) is 6.44. The van der Waals surface area contributed by atoms with Crippen LogP contribution in [0, 0.1) is 5.92 Å². The summed E-state index contributed by atoms with van der Waals surface area (Å²) >= 11 is 11.8. The molecule has 17 heavy (non-hydrogen) atoms. The van der Waals surface area contributed by atoms with Crippen LogP contribution in [0.15, 0.2) is 18.2 Å². The van der Waals surface area contributed by atoms with Crippen LogP contribution in [0.1, 0.15) is 25.8 Å². The van der Waals surface area contributed by atoms with Crippen molar-refractivity contribution < 1.29 is 4.79 Å². The summed E-state index contributed by atoms with van der Waals surface area (Å²) in [5, 5.41) is 4.13. The van der Waals surface area contributed by atoms with E-state index in [1.165, 1.54) is 0 Å². The van der Waals surface area contributed by atoms with Gasteiger partial charge in [-0.25, -0.2) is 0 Å². The molecule has 94 valence electrons. The van der Waals surface area contributed by atoms with Gasteiger partial charge in [0.25, 0.3) is 0 Å². The number of carbonyl (C=O) groups excluding carboxylic acids is 1. The molecule has 0 heterocycles. The third kappa shape index (κ3) is 5.94. The van der Waals surface area contributed by atoms with E-state index < -0.39 is 0 Å². The lowest BCUT2D eigenvalue weighted by Gasteiger charge is -2.07. The van der Waals surface area contributed by atoms with Crippen molar-refractivity contribution in [1.82, 2.24) is 5.32 Å². The second kappa shape index (κ2) is 6.87. The highest BCUT2D eigenvalue weighted by Gasteiger charge is 2.04. The average molecular weight is 274 g/mol. The number of carbonyl (C=O) groups is 1. The van der Waals surface area contributed by atoms with E-state index in [0.717, 1.165) is 12.0 Å². The van der Waals surface area contributed by atoms with Crippen LogP contribution in [-0.4, -0.2) is 12.5 Å². The van der Waals surface area contributed by atoms with Gasteiger partial charge in [0.15, 0.2) is 0 Å². The Labute approximate surface area is 112 Å². The lowest BCUT2D eigenvalue weighted by molar-refractivity contribution is -0.121. The molecule has 2 nitrogen and oxygen atoms in total. The molecular formula is C13H17Cl2NO. The van der Waals surface area contributed by atoms with E-state index in [-0.39, 0.29) is 5.91 Å². The van der Waals surface area contributed by atoms with Gasteiger partial charge in [-0.1, -0.05) is 37.0 Å². The van der Waals surface area contributed by atoms with Crippen molar-refractivity contribution >= 4 is 29.1 Å². The van der Waals surface area contributed by atoms with Crippen molar-refractivity contribution in [2.75, 3.05) is 6.54 Å². The Morgan fingerprint density at radius 3 is 2.35 bits per heavy atom. The van der Waals surface area contributed by atoms with Crippen LogP contribution in [0.5, 0.6) is 0 Å². The van der Waals surface area contributed by atoms with Crippen molar-refractivity contribution in [2.24, 2.45) is 5.92 Å². The van der Waals surface area contributed by atoms with Crippen LogP contribution in [0.2, 0.25) is 10.0 Å². The molecule has 1 aromatic rings. The van der Waals surface area contributed by atoms with Gasteiger partial charge in [-0.2, -0.15) is 0 Å². The maximum absolute atomic E-state index is 11.4. The Hall–Kier alpha value is -0.730. The van der Waals surface area contributed by atoms with Crippen molar-refractivity contribution in [2.45, 2.75) is 26.7 Å². The maximum Gasteiger partial charge on any atom is 0.220 e. The van der Waals surface area contributed by atoms with Gasteiger partial charge in [0.05, 0.1) is 0 Å². The van der Waals surface area contributed by atoms with Gasteiger partial charge in [0, 0.05) is 23.0 Å². The predicted molar refractivity (Wildman–Crippen MR) is 72.6 cm³/mol. The van der Waals surface area contributed by atoms with Crippen LogP contribution in [-0.2, 0) is 11.2 Å². The second-order valence-corrected chi connectivity index (χ2v) is 5.35. The van der Waals surface area contributed by atoms with Gasteiger partial charge in [-0.05, 0) is 36.1 Å². The maximum atomic E-state index is 11.4. The summed E-state index contributed by atoms with van der Waals surface area (Å²) in [6.07, 6.45) is 1.31. The van der Waals surface area contributed by atoms with Crippen molar-refractivity contribution in [3.8, 4) is 0 Å². The van der Waals surface area contributed by atoms with E-state index in [4.69, 9.17) is 23.2 Å². The van der Waals surface area contributed by atoms with Crippen LogP contribution in [0.25, 0.3) is 0 Å². The first-order valence-electron chi connectivity index (χ1n) is 5.69. The highest BCUT2D eigenvalue weighted by atomic mass is 35.5. The zero-order valence-corrected chi connectivity index (χ0v) is 11.6. The fourth-order valence-corrected chi connectivity index (χ4v) is 2.12. The van der Waals surface area contributed by atoms with Crippen molar-refractivity contribution in [3.63, 3.8) is 0 Å². The van der Waals surface area contributed by atoms with Crippen LogP contribution in [0.4, 0.5) is 0 Å². The molecule has 0 unspecified atom stereocenters. The highest BCUT2D eigenvalue weighted by Crippen LogP contribution is 2.19. The summed E-state index contributed by atoms with van der Waals surface area (Å²) in [5.74, 6) is 0.476.